The van der Waals surface area contributed by atoms with E-state index >= 15 is 0 Å². The molecule has 3 rings (SSSR count). The van der Waals surface area contributed by atoms with Crippen molar-refractivity contribution in [2.45, 2.75) is 19.0 Å². The highest BCUT2D eigenvalue weighted by Crippen LogP contribution is 2.18. The number of anilines is 3. The van der Waals surface area contributed by atoms with Crippen molar-refractivity contribution in [2.75, 3.05) is 10.6 Å². The highest BCUT2D eigenvalue weighted by molar-refractivity contribution is 5.93. The molecule has 0 radical (unpaired) electrons. The Morgan fingerprint density at radius 1 is 0.929 bits per heavy atom. The first-order chi connectivity index (χ1) is 13.6. The standard InChI is InChI=1S/C21H21N3O4/c25-20(13-19(21(26)27)22-14-18-7-4-12-28-18)24-17-10-8-16(9-11-17)23-15-5-2-1-3-6-15/h1-12,19,22-23H,13-14H2,(H,24,25)(H,26,27)/t19-/m0/s1. The van der Waals surface area contributed by atoms with Crippen molar-refractivity contribution >= 4 is 28.9 Å². The second kappa shape index (κ2) is 9.38. The fourth-order valence-electron chi connectivity index (χ4n) is 2.69. The lowest BCUT2D eigenvalue weighted by Gasteiger charge is -2.16. The number of hydrogen-bond donors (Lipinski definition) is 3. The number of nitrogens with one attached hydrogen (secondary N) is 2. The van der Waals surface area contributed by atoms with Crippen molar-refractivity contribution < 1.29 is 24.4 Å². The van der Waals surface area contributed by atoms with Crippen LogP contribution in [0.25, 0.3) is 0 Å². The zero-order chi connectivity index (χ0) is 19.8. The summed E-state index contributed by atoms with van der Waals surface area (Å²) in [5, 5.41) is 18.8. The Labute approximate surface area is 162 Å². The van der Waals surface area contributed by atoms with Crippen molar-refractivity contribution in [2.24, 2.45) is 0 Å². The zero-order valence-electron chi connectivity index (χ0n) is 15.1. The molecule has 0 unspecified atom stereocenters. The largest absolute Gasteiger partial charge is 0.544 e. The maximum Gasteiger partial charge on any atom is 0.230 e. The molecule has 0 saturated heterocycles. The molecule has 0 bridgehead atoms. The quantitative estimate of drug-likeness (QED) is 0.518. The molecule has 0 aliphatic heterocycles. The molecule has 7 heteroatoms. The number of aliphatic carboxylic acids is 1. The molecule has 1 amide bonds. The van der Waals surface area contributed by atoms with Crippen LogP contribution in [0.4, 0.5) is 17.1 Å². The average molecular weight is 379 g/mol. The monoisotopic (exact) mass is 379 g/mol. The predicted molar refractivity (Wildman–Crippen MR) is 103 cm³/mol. The lowest BCUT2D eigenvalue weighted by atomic mass is 10.2. The van der Waals surface area contributed by atoms with Crippen LogP contribution in [0.2, 0.25) is 0 Å². The number of nitrogens with two attached hydrogens (primary N) is 1. The third kappa shape index (κ3) is 5.72. The normalized spacial score (nSPS) is 11.6. The summed E-state index contributed by atoms with van der Waals surface area (Å²) in [6, 6.07) is 19.4. The number of carbonyl (C=O) groups is 2. The summed E-state index contributed by atoms with van der Waals surface area (Å²) in [7, 11) is 0. The lowest BCUT2D eigenvalue weighted by molar-refractivity contribution is -0.698. The summed E-state index contributed by atoms with van der Waals surface area (Å²) in [5.74, 6) is -1.05. The fraction of sp³-hybridized carbons (Fsp3) is 0.143. The summed E-state index contributed by atoms with van der Waals surface area (Å²) in [4.78, 5) is 23.5. The molecule has 1 aromatic heterocycles. The molecule has 2 aromatic carbocycles. The van der Waals surface area contributed by atoms with Gasteiger partial charge >= 0.3 is 0 Å². The van der Waals surface area contributed by atoms with Crippen LogP contribution in [0.15, 0.2) is 77.4 Å². The molecule has 0 aliphatic rings. The van der Waals surface area contributed by atoms with Gasteiger partial charge < -0.3 is 30.3 Å². The van der Waals surface area contributed by atoms with E-state index in [-0.39, 0.29) is 6.42 Å². The number of carbonyl (C=O) groups excluding carboxylic acids is 2. The van der Waals surface area contributed by atoms with Gasteiger partial charge in [-0.15, -0.1) is 0 Å². The van der Waals surface area contributed by atoms with Crippen LogP contribution >= 0.6 is 0 Å². The average Bonchev–Trinajstić information content (AvgIpc) is 3.21. The van der Waals surface area contributed by atoms with Crippen LogP contribution < -0.4 is 21.1 Å². The van der Waals surface area contributed by atoms with Gasteiger partial charge in [-0.05, 0) is 48.5 Å². The van der Waals surface area contributed by atoms with Gasteiger partial charge in [0.2, 0.25) is 5.91 Å². The van der Waals surface area contributed by atoms with Crippen molar-refractivity contribution in [1.82, 2.24) is 0 Å². The maximum absolute atomic E-state index is 12.2. The van der Waals surface area contributed by atoms with Gasteiger partial charge in [0.05, 0.1) is 18.7 Å². The number of para-hydroxylation sites is 1. The first-order valence-electron chi connectivity index (χ1n) is 8.89. The van der Waals surface area contributed by atoms with Gasteiger partial charge in [-0.3, -0.25) is 4.79 Å². The highest BCUT2D eigenvalue weighted by atomic mass is 16.4. The van der Waals surface area contributed by atoms with Crippen molar-refractivity contribution in [3.05, 3.63) is 78.8 Å². The summed E-state index contributed by atoms with van der Waals surface area (Å²) in [5.41, 5.74) is 2.43. The molecule has 0 aliphatic carbocycles. The summed E-state index contributed by atoms with van der Waals surface area (Å²) < 4.78 is 5.17. The predicted octanol–water partition coefficient (Wildman–Crippen LogP) is 1.23. The fourth-order valence-corrected chi connectivity index (χ4v) is 2.69. The topological polar surface area (TPSA) is 111 Å². The number of carboxylic acids is 1. The van der Waals surface area contributed by atoms with Gasteiger partial charge in [0.15, 0.2) is 5.76 Å². The van der Waals surface area contributed by atoms with Gasteiger partial charge in [0.25, 0.3) is 0 Å². The molecule has 1 atom stereocenters. The number of benzene rings is 2. The summed E-state index contributed by atoms with van der Waals surface area (Å²) >= 11 is 0. The third-order valence-electron chi connectivity index (χ3n) is 4.12. The number of carboxylic acid groups (broad SMARTS) is 1. The smallest absolute Gasteiger partial charge is 0.230 e. The summed E-state index contributed by atoms with van der Waals surface area (Å²) in [6.07, 6.45) is 1.31. The lowest BCUT2D eigenvalue weighted by Crippen LogP contribution is -2.92. The van der Waals surface area contributed by atoms with Crippen molar-refractivity contribution in [1.29, 1.82) is 0 Å². The van der Waals surface area contributed by atoms with Gasteiger partial charge in [-0.2, -0.15) is 0 Å². The second-order valence-corrected chi connectivity index (χ2v) is 6.27. The first-order valence-corrected chi connectivity index (χ1v) is 8.89. The van der Waals surface area contributed by atoms with Crippen molar-refractivity contribution in [3.63, 3.8) is 0 Å². The Morgan fingerprint density at radius 2 is 1.61 bits per heavy atom. The third-order valence-corrected chi connectivity index (χ3v) is 4.12. The molecule has 28 heavy (non-hydrogen) atoms. The Kier molecular flexibility index (Phi) is 6.43. The molecule has 0 saturated carbocycles. The van der Waals surface area contributed by atoms with Gasteiger partial charge in [-0.25, -0.2) is 0 Å². The van der Waals surface area contributed by atoms with Crippen LogP contribution in [0, 0.1) is 0 Å². The van der Waals surface area contributed by atoms with E-state index in [0.29, 0.717) is 18.0 Å². The van der Waals surface area contributed by atoms with Gasteiger partial charge in [0, 0.05) is 17.1 Å². The minimum atomic E-state index is -1.29. The van der Waals surface area contributed by atoms with E-state index in [2.05, 4.69) is 10.6 Å². The number of hydrogen-bond acceptors (Lipinski definition) is 5. The van der Waals surface area contributed by atoms with E-state index in [9.17, 15) is 14.7 Å². The number of furan rings is 1. The summed E-state index contributed by atoms with van der Waals surface area (Å²) in [6.45, 7) is 0.318. The molecular formula is C21H21N3O4. The second-order valence-electron chi connectivity index (χ2n) is 6.27. The molecule has 144 valence electrons. The maximum atomic E-state index is 12.2. The van der Waals surface area contributed by atoms with Gasteiger partial charge in [-0.1, -0.05) is 18.2 Å². The van der Waals surface area contributed by atoms with Crippen molar-refractivity contribution in [3.8, 4) is 0 Å². The van der Waals surface area contributed by atoms with Gasteiger partial charge in [0.1, 0.15) is 12.6 Å². The highest BCUT2D eigenvalue weighted by Gasteiger charge is 2.19. The van der Waals surface area contributed by atoms with E-state index in [0.717, 1.165) is 11.4 Å². The molecule has 3 aromatic rings. The Hall–Kier alpha value is -3.58. The SMILES string of the molecule is O=C(C[C@H]([NH2+]Cc1ccco1)C(=O)[O-])Nc1ccc(Nc2ccccc2)cc1. The molecule has 7 nitrogen and oxygen atoms in total. The number of quaternary nitrogens is 1. The van der Waals surface area contributed by atoms with E-state index in [4.69, 9.17) is 4.42 Å². The van der Waals surface area contributed by atoms with Crippen LogP contribution in [0.5, 0.6) is 0 Å². The Morgan fingerprint density at radius 3 is 2.25 bits per heavy atom. The Balaban J connectivity index is 1.52. The molecule has 0 fully saturated rings. The zero-order valence-corrected chi connectivity index (χ0v) is 15.1. The number of amides is 1. The minimum Gasteiger partial charge on any atom is -0.544 e. The first kappa shape index (κ1) is 19.2. The van der Waals surface area contributed by atoms with Crippen LogP contribution in [0.3, 0.4) is 0 Å². The van der Waals surface area contributed by atoms with Crippen LogP contribution in [-0.4, -0.2) is 17.9 Å². The van der Waals surface area contributed by atoms with E-state index in [1.165, 1.54) is 11.6 Å². The molecule has 1 heterocycles. The van der Waals surface area contributed by atoms with Crippen LogP contribution in [0.1, 0.15) is 12.2 Å². The number of rotatable bonds is 9. The molecular weight excluding hydrogens is 358 g/mol. The van der Waals surface area contributed by atoms with E-state index in [1.807, 2.05) is 42.5 Å². The molecule has 0 spiro atoms. The van der Waals surface area contributed by atoms with E-state index in [1.54, 1.807) is 24.3 Å². The van der Waals surface area contributed by atoms with Crippen LogP contribution in [-0.2, 0) is 16.1 Å². The minimum absolute atomic E-state index is 0.201. The molecule has 4 N–H and O–H groups in total. The van der Waals surface area contributed by atoms with E-state index < -0.39 is 17.9 Å². The Bertz CT molecular complexity index is 893.